The fourth-order valence-corrected chi connectivity index (χ4v) is 5.01. The molecule has 1 aliphatic rings. The second kappa shape index (κ2) is 13.1. The third kappa shape index (κ3) is 6.30. The van der Waals surface area contributed by atoms with Crippen molar-refractivity contribution < 1.29 is 23.8 Å². The zero-order valence-electron chi connectivity index (χ0n) is 23.0. The van der Waals surface area contributed by atoms with Crippen LogP contribution in [0.2, 0.25) is 0 Å². The highest BCUT2D eigenvalue weighted by Gasteiger charge is 2.36. The first kappa shape index (κ1) is 27.9. The van der Waals surface area contributed by atoms with E-state index in [1.54, 1.807) is 12.1 Å². The SMILES string of the molecule is CCc1ccc(N(C(=O)c2cnccn2)C(C(=O)NC2CCCCC2)c2cc(OC)c(OC)c(OC)c2)cc1. The van der Waals surface area contributed by atoms with E-state index in [1.165, 1.54) is 44.8 Å². The van der Waals surface area contributed by atoms with E-state index in [0.717, 1.165) is 44.1 Å². The van der Waals surface area contributed by atoms with E-state index in [0.29, 0.717) is 28.5 Å². The van der Waals surface area contributed by atoms with Gasteiger partial charge in [-0.3, -0.25) is 19.5 Å². The van der Waals surface area contributed by atoms with Gasteiger partial charge in [0.25, 0.3) is 5.91 Å². The summed E-state index contributed by atoms with van der Waals surface area (Å²) in [7, 11) is 4.56. The van der Waals surface area contributed by atoms with Crippen LogP contribution in [-0.4, -0.2) is 49.2 Å². The largest absolute Gasteiger partial charge is 0.493 e. The first-order valence-electron chi connectivity index (χ1n) is 13.3. The molecule has 39 heavy (non-hydrogen) atoms. The van der Waals surface area contributed by atoms with Gasteiger partial charge in [0.15, 0.2) is 11.5 Å². The van der Waals surface area contributed by atoms with E-state index in [1.807, 2.05) is 24.3 Å². The summed E-state index contributed by atoms with van der Waals surface area (Å²) in [5.74, 6) is 0.415. The van der Waals surface area contributed by atoms with E-state index in [-0.39, 0.29) is 17.6 Å². The highest BCUT2D eigenvalue weighted by molar-refractivity contribution is 6.09. The van der Waals surface area contributed by atoms with Crippen molar-refractivity contribution in [1.82, 2.24) is 15.3 Å². The summed E-state index contributed by atoms with van der Waals surface area (Å²) in [6.07, 6.45) is 10.3. The Morgan fingerprint density at radius 2 is 1.64 bits per heavy atom. The Morgan fingerprint density at radius 3 is 2.18 bits per heavy atom. The Kier molecular flexibility index (Phi) is 9.35. The summed E-state index contributed by atoms with van der Waals surface area (Å²) in [4.78, 5) is 38.1. The lowest BCUT2D eigenvalue weighted by Crippen LogP contribution is -2.47. The molecule has 4 rings (SSSR count). The number of benzene rings is 2. The van der Waals surface area contributed by atoms with Crippen molar-refractivity contribution in [3.63, 3.8) is 0 Å². The molecule has 1 N–H and O–H groups in total. The highest BCUT2D eigenvalue weighted by atomic mass is 16.5. The van der Waals surface area contributed by atoms with E-state index in [4.69, 9.17) is 14.2 Å². The number of nitrogens with zero attached hydrogens (tertiary/aromatic N) is 3. The first-order chi connectivity index (χ1) is 19.0. The molecule has 1 unspecified atom stereocenters. The number of carbonyl (C=O) groups is 2. The normalized spacial score (nSPS) is 14.3. The minimum atomic E-state index is -1.05. The van der Waals surface area contributed by atoms with Crippen LogP contribution in [0.3, 0.4) is 0 Å². The maximum Gasteiger partial charge on any atom is 0.279 e. The molecule has 0 radical (unpaired) electrons. The number of nitrogens with one attached hydrogen (secondary N) is 1. The van der Waals surface area contributed by atoms with Gasteiger partial charge in [-0.2, -0.15) is 0 Å². The van der Waals surface area contributed by atoms with E-state index < -0.39 is 11.9 Å². The molecule has 1 heterocycles. The van der Waals surface area contributed by atoms with Crippen molar-refractivity contribution in [2.45, 2.75) is 57.5 Å². The van der Waals surface area contributed by atoms with Gasteiger partial charge in [0.05, 0.1) is 27.5 Å². The number of carbonyl (C=O) groups excluding carboxylic acids is 2. The predicted octanol–water partition coefficient (Wildman–Crippen LogP) is 4.90. The molecule has 9 nitrogen and oxygen atoms in total. The number of anilines is 1. The van der Waals surface area contributed by atoms with Crippen molar-refractivity contribution >= 4 is 17.5 Å². The standard InChI is InChI=1S/C30H36N4O5/c1-5-20-11-13-23(14-12-20)34(30(36)24-19-31-15-16-32-24)27(29(35)33-22-9-7-6-8-10-22)21-17-25(37-2)28(39-4)26(18-21)38-3/h11-19,22,27H,5-10H2,1-4H3,(H,33,35). The molecule has 1 fully saturated rings. The molecule has 0 bridgehead atoms. The first-order valence-corrected chi connectivity index (χ1v) is 13.3. The Balaban J connectivity index is 1.90. The Bertz CT molecular complexity index is 1240. The lowest BCUT2D eigenvalue weighted by atomic mass is 9.94. The van der Waals surface area contributed by atoms with Crippen LogP contribution >= 0.6 is 0 Å². The lowest BCUT2D eigenvalue weighted by molar-refractivity contribution is -0.123. The summed E-state index contributed by atoms with van der Waals surface area (Å²) in [5, 5.41) is 3.22. The molecule has 206 valence electrons. The van der Waals surface area contributed by atoms with Crippen LogP contribution in [0.5, 0.6) is 17.2 Å². The second-order valence-corrected chi connectivity index (χ2v) is 9.49. The third-order valence-corrected chi connectivity index (χ3v) is 7.08. The summed E-state index contributed by atoms with van der Waals surface area (Å²) in [6, 6.07) is 10.0. The summed E-state index contributed by atoms with van der Waals surface area (Å²) < 4.78 is 16.7. The zero-order chi connectivity index (χ0) is 27.8. The van der Waals surface area contributed by atoms with Crippen molar-refractivity contribution in [2.24, 2.45) is 0 Å². The van der Waals surface area contributed by atoms with Crippen molar-refractivity contribution in [1.29, 1.82) is 0 Å². The van der Waals surface area contributed by atoms with Crippen LogP contribution in [0.1, 0.15) is 66.7 Å². The number of ether oxygens (including phenoxy) is 3. The summed E-state index contributed by atoms with van der Waals surface area (Å²) >= 11 is 0. The predicted molar refractivity (Wildman–Crippen MR) is 149 cm³/mol. The smallest absolute Gasteiger partial charge is 0.279 e. The molecular weight excluding hydrogens is 496 g/mol. The summed E-state index contributed by atoms with van der Waals surface area (Å²) in [5.41, 5.74) is 2.30. The maximum absolute atomic E-state index is 14.2. The molecule has 0 spiro atoms. The quantitative estimate of drug-likeness (QED) is 0.396. The summed E-state index contributed by atoms with van der Waals surface area (Å²) in [6.45, 7) is 2.06. The van der Waals surface area contributed by atoms with Gasteiger partial charge in [0.2, 0.25) is 11.7 Å². The number of aromatic nitrogens is 2. The second-order valence-electron chi connectivity index (χ2n) is 9.49. The topological polar surface area (TPSA) is 103 Å². The van der Waals surface area contributed by atoms with Gasteiger partial charge in [-0.25, -0.2) is 4.98 Å². The van der Waals surface area contributed by atoms with Gasteiger partial charge in [0.1, 0.15) is 11.7 Å². The van der Waals surface area contributed by atoms with Gasteiger partial charge < -0.3 is 19.5 Å². The van der Waals surface area contributed by atoms with Crippen LogP contribution in [0.4, 0.5) is 5.69 Å². The molecule has 9 heteroatoms. The average molecular weight is 533 g/mol. The van der Waals surface area contributed by atoms with Gasteiger partial charge in [-0.15, -0.1) is 0 Å². The Morgan fingerprint density at radius 1 is 0.974 bits per heavy atom. The Labute approximate surface area is 229 Å². The number of amides is 2. The highest BCUT2D eigenvalue weighted by Crippen LogP contribution is 2.42. The lowest BCUT2D eigenvalue weighted by Gasteiger charge is -2.33. The van der Waals surface area contributed by atoms with Crippen LogP contribution in [0.25, 0.3) is 0 Å². The molecule has 1 saturated carbocycles. The number of rotatable bonds is 10. The fraction of sp³-hybridized carbons (Fsp3) is 0.400. The molecule has 2 amide bonds. The van der Waals surface area contributed by atoms with Crippen LogP contribution in [0.15, 0.2) is 55.0 Å². The molecule has 1 aromatic heterocycles. The number of aryl methyl sites for hydroxylation is 1. The fourth-order valence-electron chi connectivity index (χ4n) is 5.01. The zero-order valence-corrected chi connectivity index (χ0v) is 23.0. The maximum atomic E-state index is 14.2. The minimum absolute atomic E-state index is 0.0340. The molecular formula is C30H36N4O5. The number of methoxy groups -OCH3 is 3. The molecule has 1 atom stereocenters. The van der Waals surface area contributed by atoms with Gasteiger partial charge in [0, 0.05) is 24.1 Å². The van der Waals surface area contributed by atoms with Gasteiger partial charge >= 0.3 is 0 Å². The number of hydrogen-bond acceptors (Lipinski definition) is 7. The third-order valence-electron chi connectivity index (χ3n) is 7.08. The van der Waals surface area contributed by atoms with Crippen LogP contribution < -0.4 is 24.4 Å². The van der Waals surface area contributed by atoms with E-state index >= 15 is 0 Å². The Hall–Kier alpha value is -4.14. The molecule has 0 aliphatic heterocycles. The van der Waals surface area contributed by atoms with Crippen LogP contribution in [-0.2, 0) is 11.2 Å². The van der Waals surface area contributed by atoms with Crippen LogP contribution in [0, 0.1) is 0 Å². The average Bonchev–Trinajstić information content (AvgIpc) is 2.99. The molecule has 3 aromatic rings. The van der Waals surface area contributed by atoms with Crippen molar-refractivity contribution in [3.05, 3.63) is 71.8 Å². The molecule has 1 aliphatic carbocycles. The molecule has 0 saturated heterocycles. The van der Waals surface area contributed by atoms with Gasteiger partial charge in [-0.1, -0.05) is 38.3 Å². The van der Waals surface area contributed by atoms with E-state index in [9.17, 15) is 9.59 Å². The van der Waals surface area contributed by atoms with Gasteiger partial charge in [-0.05, 0) is 54.7 Å². The molecule has 2 aromatic carbocycles. The van der Waals surface area contributed by atoms with Crippen molar-refractivity contribution in [2.75, 3.05) is 26.2 Å². The van der Waals surface area contributed by atoms with Crippen molar-refractivity contribution in [3.8, 4) is 17.2 Å². The minimum Gasteiger partial charge on any atom is -0.493 e. The monoisotopic (exact) mass is 532 g/mol. The number of hydrogen-bond donors (Lipinski definition) is 1. The van der Waals surface area contributed by atoms with E-state index in [2.05, 4.69) is 22.2 Å².